The molecule has 6 nitrogen and oxygen atoms in total. The van der Waals surface area contributed by atoms with Crippen LogP contribution in [0, 0.1) is 0 Å². The molecule has 0 N–H and O–H groups in total. The van der Waals surface area contributed by atoms with E-state index < -0.39 is 0 Å². The highest BCUT2D eigenvalue weighted by atomic mass is 16.5. The molecule has 2 aliphatic heterocycles. The number of amides is 2. The molecule has 1 aromatic heterocycles. The SMILES string of the molecule is O=C(c1cc(C2CC2)on1)N1CCC(N2CCCC2=O)CC1. The Hall–Kier alpha value is -1.85. The van der Waals surface area contributed by atoms with Crippen molar-refractivity contribution in [1.82, 2.24) is 15.0 Å². The lowest BCUT2D eigenvalue weighted by molar-refractivity contribution is -0.130. The number of rotatable bonds is 3. The Kier molecular flexibility index (Phi) is 3.39. The Labute approximate surface area is 129 Å². The first-order valence-corrected chi connectivity index (χ1v) is 8.28. The van der Waals surface area contributed by atoms with Crippen molar-refractivity contribution in [3.63, 3.8) is 0 Å². The molecule has 118 valence electrons. The molecule has 0 aromatic carbocycles. The topological polar surface area (TPSA) is 66.7 Å². The molecule has 6 heteroatoms. The zero-order chi connectivity index (χ0) is 15.1. The molecule has 0 bridgehead atoms. The van der Waals surface area contributed by atoms with E-state index in [4.69, 9.17) is 4.52 Å². The summed E-state index contributed by atoms with van der Waals surface area (Å²) in [5.41, 5.74) is 0.428. The van der Waals surface area contributed by atoms with Gasteiger partial charge in [0.25, 0.3) is 5.91 Å². The summed E-state index contributed by atoms with van der Waals surface area (Å²) in [6.45, 7) is 2.27. The molecule has 4 rings (SSSR count). The van der Waals surface area contributed by atoms with Gasteiger partial charge in [-0.05, 0) is 32.1 Å². The standard InChI is InChI=1S/C16H21N3O3/c20-15-2-1-7-19(15)12-5-8-18(9-6-12)16(21)13-10-14(22-17-13)11-3-4-11/h10-12H,1-9H2. The fourth-order valence-corrected chi connectivity index (χ4v) is 3.55. The number of piperidine rings is 1. The smallest absolute Gasteiger partial charge is 0.276 e. The number of nitrogens with zero attached hydrogens (tertiary/aromatic N) is 3. The average Bonchev–Trinajstić information content (AvgIpc) is 3.12. The van der Waals surface area contributed by atoms with Crippen LogP contribution < -0.4 is 0 Å². The second-order valence-electron chi connectivity index (χ2n) is 6.60. The third-order valence-corrected chi connectivity index (χ3v) is 5.03. The highest BCUT2D eigenvalue weighted by Gasteiger charge is 2.34. The van der Waals surface area contributed by atoms with Gasteiger partial charge in [0.15, 0.2) is 5.69 Å². The van der Waals surface area contributed by atoms with Crippen LogP contribution in [0.1, 0.15) is 60.7 Å². The largest absolute Gasteiger partial charge is 0.360 e. The first kappa shape index (κ1) is 13.8. The van der Waals surface area contributed by atoms with Gasteiger partial charge in [-0.3, -0.25) is 9.59 Å². The van der Waals surface area contributed by atoms with E-state index in [2.05, 4.69) is 5.16 Å². The van der Waals surface area contributed by atoms with Crippen molar-refractivity contribution in [3.05, 3.63) is 17.5 Å². The lowest BCUT2D eigenvalue weighted by Gasteiger charge is -2.36. The van der Waals surface area contributed by atoms with E-state index in [1.165, 1.54) is 0 Å². The van der Waals surface area contributed by atoms with Gasteiger partial charge in [-0.1, -0.05) is 5.16 Å². The van der Waals surface area contributed by atoms with Crippen molar-refractivity contribution in [3.8, 4) is 0 Å². The van der Waals surface area contributed by atoms with Crippen LogP contribution >= 0.6 is 0 Å². The number of carbonyl (C=O) groups excluding carboxylic acids is 2. The Morgan fingerprint density at radius 1 is 1.18 bits per heavy atom. The molecule has 2 amide bonds. The van der Waals surface area contributed by atoms with E-state index in [-0.39, 0.29) is 11.8 Å². The van der Waals surface area contributed by atoms with Crippen LogP contribution in [0.2, 0.25) is 0 Å². The van der Waals surface area contributed by atoms with Crippen LogP contribution in [0.15, 0.2) is 10.6 Å². The molecule has 1 aromatic rings. The lowest BCUT2D eigenvalue weighted by atomic mass is 10.0. The zero-order valence-electron chi connectivity index (χ0n) is 12.7. The second-order valence-corrected chi connectivity index (χ2v) is 6.60. The maximum atomic E-state index is 12.5. The van der Waals surface area contributed by atoms with E-state index in [0.29, 0.717) is 37.2 Å². The number of carbonyl (C=O) groups is 2. The Bertz CT molecular complexity index is 585. The van der Waals surface area contributed by atoms with Crippen molar-refractivity contribution in [2.24, 2.45) is 0 Å². The first-order chi connectivity index (χ1) is 10.7. The quantitative estimate of drug-likeness (QED) is 0.853. The van der Waals surface area contributed by atoms with Crippen molar-refractivity contribution in [2.75, 3.05) is 19.6 Å². The van der Waals surface area contributed by atoms with Crippen molar-refractivity contribution < 1.29 is 14.1 Å². The fraction of sp³-hybridized carbons (Fsp3) is 0.688. The van der Waals surface area contributed by atoms with Crippen LogP contribution in [-0.4, -0.2) is 52.4 Å². The van der Waals surface area contributed by atoms with Gasteiger partial charge in [0.1, 0.15) is 5.76 Å². The van der Waals surface area contributed by atoms with Gasteiger partial charge in [0, 0.05) is 44.1 Å². The molecule has 3 aliphatic rings. The molecule has 0 unspecified atom stereocenters. The summed E-state index contributed by atoms with van der Waals surface area (Å²) in [7, 11) is 0. The summed E-state index contributed by atoms with van der Waals surface area (Å²) < 4.78 is 5.27. The highest BCUT2D eigenvalue weighted by molar-refractivity contribution is 5.92. The Morgan fingerprint density at radius 2 is 1.95 bits per heavy atom. The molecule has 0 atom stereocenters. The molecule has 1 saturated carbocycles. The number of hydrogen-bond donors (Lipinski definition) is 0. The van der Waals surface area contributed by atoms with Crippen LogP contribution in [0.5, 0.6) is 0 Å². The molecular weight excluding hydrogens is 282 g/mol. The maximum Gasteiger partial charge on any atom is 0.276 e. The summed E-state index contributed by atoms with van der Waals surface area (Å²) >= 11 is 0. The third kappa shape index (κ3) is 2.51. The molecule has 3 fully saturated rings. The Balaban J connectivity index is 1.36. The Morgan fingerprint density at radius 3 is 2.59 bits per heavy atom. The van der Waals surface area contributed by atoms with Crippen LogP contribution in [0.3, 0.4) is 0 Å². The van der Waals surface area contributed by atoms with Gasteiger partial charge in [-0.15, -0.1) is 0 Å². The van der Waals surface area contributed by atoms with E-state index in [1.54, 1.807) is 6.07 Å². The summed E-state index contributed by atoms with van der Waals surface area (Å²) in [6, 6.07) is 2.11. The molecule has 22 heavy (non-hydrogen) atoms. The minimum atomic E-state index is -0.0400. The van der Waals surface area contributed by atoms with E-state index in [9.17, 15) is 9.59 Å². The number of likely N-dealkylation sites (tertiary alicyclic amines) is 2. The number of hydrogen-bond acceptors (Lipinski definition) is 4. The summed E-state index contributed by atoms with van der Waals surface area (Å²) in [5.74, 6) is 1.55. The number of aromatic nitrogens is 1. The predicted molar refractivity (Wildman–Crippen MR) is 78.4 cm³/mol. The van der Waals surface area contributed by atoms with Gasteiger partial charge in [-0.2, -0.15) is 0 Å². The molecule has 1 aliphatic carbocycles. The minimum Gasteiger partial charge on any atom is -0.360 e. The van der Waals surface area contributed by atoms with Crippen molar-refractivity contribution in [1.29, 1.82) is 0 Å². The van der Waals surface area contributed by atoms with Crippen LogP contribution in [-0.2, 0) is 4.79 Å². The lowest BCUT2D eigenvalue weighted by Crippen LogP contribution is -2.47. The van der Waals surface area contributed by atoms with Gasteiger partial charge in [0.2, 0.25) is 5.91 Å². The third-order valence-electron chi connectivity index (χ3n) is 5.03. The molecule has 3 heterocycles. The average molecular weight is 303 g/mol. The highest BCUT2D eigenvalue weighted by Crippen LogP contribution is 2.40. The van der Waals surface area contributed by atoms with Crippen molar-refractivity contribution in [2.45, 2.75) is 50.5 Å². The summed E-state index contributed by atoms with van der Waals surface area (Å²) in [4.78, 5) is 28.1. The monoisotopic (exact) mass is 303 g/mol. The summed E-state index contributed by atoms with van der Waals surface area (Å²) in [5, 5.41) is 3.93. The van der Waals surface area contributed by atoms with Crippen molar-refractivity contribution >= 4 is 11.8 Å². The zero-order valence-corrected chi connectivity index (χ0v) is 12.7. The van der Waals surface area contributed by atoms with E-state index >= 15 is 0 Å². The van der Waals surface area contributed by atoms with Gasteiger partial charge in [0.05, 0.1) is 0 Å². The van der Waals surface area contributed by atoms with Gasteiger partial charge >= 0.3 is 0 Å². The maximum absolute atomic E-state index is 12.5. The summed E-state index contributed by atoms with van der Waals surface area (Å²) in [6.07, 6.45) is 5.66. The predicted octanol–water partition coefficient (Wildman–Crippen LogP) is 1.78. The van der Waals surface area contributed by atoms with Gasteiger partial charge in [-0.25, -0.2) is 0 Å². The molecule has 0 spiro atoms. The molecule has 0 radical (unpaired) electrons. The molecule has 2 saturated heterocycles. The normalized spacial score (nSPS) is 23.4. The molecular formula is C16H21N3O3. The minimum absolute atomic E-state index is 0.0400. The van der Waals surface area contributed by atoms with E-state index in [1.807, 2.05) is 9.80 Å². The van der Waals surface area contributed by atoms with E-state index in [0.717, 1.165) is 44.4 Å². The van der Waals surface area contributed by atoms with Crippen LogP contribution in [0.25, 0.3) is 0 Å². The first-order valence-electron chi connectivity index (χ1n) is 8.28. The second kappa shape index (κ2) is 5.41. The fourth-order valence-electron chi connectivity index (χ4n) is 3.55. The van der Waals surface area contributed by atoms with Gasteiger partial charge < -0.3 is 14.3 Å². The van der Waals surface area contributed by atoms with Crippen LogP contribution in [0.4, 0.5) is 0 Å².